The first-order valence-corrected chi connectivity index (χ1v) is 9.68. The Morgan fingerprint density at radius 3 is 2.52 bits per heavy atom. The van der Waals surface area contributed by atoms with Crippen LogP contribution >= 0.6 is 0 Å². The highest BCUT2D eigenvalue weighted by Gasteiger charge is 2.36. The lowest BCUT2D eigenvalue weighted by atomic mass is 10.0. The Bertz CT molecular complexity index is 398. The molecule has 1 saturated heterocycles. The van der Waals surface area contributed by atoms with Crippen LogP contribution in [0.1, 0.15) is 59.8 Å². The highest BCUT2D eigenvalue weighted by molar-refractivity contribution is 7.86. The summed E-state index contributed by atoms with van der Waals surface area (Å²) in [5.41, 5.74) is 0. The zero-order valence-electron chi connectivity index (χ0n) is 14.3. The first kappa shape index (κ1) is 18.9. The van der Waals surface area contributed by atoms with E-state index in [-0.39, 0.29) is 12.1 Å². The molecule has 0 spiro atoms. The van der Waals surface area contributed by atoms with Crippen LogP contribution in [0.4, 0.5) is 0 Å². The van der Waals surface area contributed by atoms with E-state index in [1.54, 1.807) is 15.7 Å². The van der Waals surface area contributed by atoms with E-state index in [1.807, 2.05) is 6.92 Å². The van der Waals surface area contributed by atoms with E-state index in [4.69, 9.17) is 0 Å². The normalized spacial score (nSPS) is 22.9. The summed E-state index contributed by atoms with van der Waals surface area (Å²) < 4.78 is 29.0. The van der Waals surface area contributed by atoms with Gasteiger partial charge in [0.05, 0.1) is 0 Å². The quantitative estimate of drug-likeness (QED) is 0.746. The fraction of sp³-hybridized carbons (Fsp3) is 1.00. The van der Waals surface area contributed by atoms with Crippen molar-refractivity contribution in [2.24, 2.45) is 0 Å². The Morgan fingerprint density at radius 2 is 1.95 bits per heavy atom. The van der Waals surface area contributed by atoms with Crippen molar-refractivity contribution in [3.63, 3.8) is 0 Å². The van der Waals surface area contributed by atoms with Crippen molar-refractivity contribution in [1.82, 2.24) is 13.9 Å². The fourth-order valence-electron chi connectivity index (χ4n) is 2.85. The van der Waals surface area contributed by atoms with E-state index in [1.165, 1.54) is 0 Å². The van der Waals surface area contributed by atoms with E-state index < -0.39 is 10.2 Å². The van der Waals surface area contributed by atoms with Gasteiger partial charge in [0, 0.05) is 38.3 Å². The molecule has 6 heteroatoms. The summed E-state index contributed by atoms with van der Waals surface area (Å²) in [5, 5.41) is 3.39. The molecule has 1 fully saturated rings. The first-order chi connectivity index (χ1) is 9.80. The number of nitrogens with zero attached hydrogens (tertiary/aromatic N) is 2. The van der Waals surface area contributed by atoms with Gasteiger partial charge in [0.15, 0.2) is 0 Å². The zero-order valence-corrected chi connectivity index (χ0v) is 15.1. The number of hydrogen-bond donors (Lipinski definition) is 1. The monoisotopic (exact) mass is 319 g/mol. The summed E-state index contributed by atoms with van der Waals surface area (Å²) in [6, 6.07) is 0.524. The van der Waals surface area contributed by atoms with Gasteiger partial charge in [-0.1, -0.05) is 33.6 Å². The summed E-state index contributed by atoms with van der Waals surface area (Å²) in [5.74, 6) is 0. The van der Waals surface area contributed by atoms with Gasteiger partial charge in [-0.3, -0.25) is 0 Å². The van der Waals surface area contributed by atoms with Gasteiger partial charge >= 0.3 is 0 Å². The molecule has 5 nitrogen and oxygen atoms in total. The third kappa shape index (κ3) is 5.20. The number of piperidine rings is 1. The molecule has 2 atom stereocenters. The van der Waals surface area contributed by atoms with Crippen molar-refractivity contribution in [2.45, 2.75) is 77.9 Å². The predicted molar refractivity (Wildman–Crippen MR) is 88.5 cm³/mol. The van der Waals surface area contributed by atoms with Crippen LogP contribution in [0.25, 0.3) is 0 Å². The highest BCUT2D eigenvalue weighted by Crippen LogP contribution is 2.23. The lowest BCUT2D eigenvalue weighted by molar-refractivity contribution is 0.219. The molecule has 1 aliphatic heterocycles. The van der Waals surface area contributed by atoms with Gasteiger partial charge in [0.1, 0.15) is 0 Å². The van der Waals surface area contributed by atoms with Crippen LogP contribution in [-0.4, -0.2) is 55.3 Å². The lowest BCUT2D eigenvalue weighted by Crippen LogP contribution is -2.54. The first-order valence-electron chi connectivity index (χ1n) is 8.28. The van der Waals surface area contributed by atoms with Crippen LogP contribution in [0.2, 0.25) is 0 Å². The molecule has 1 heterocycles. The standard InChI is InChI=1S/C15H33N3O2S/c1-6-9-14(4)17(5)21(19,20)18-11-8-7-10-15(18)12-16-13(2)3/h13-16H,6-12H2,1-5H3. The molecule has 0 radical (unpaired) electrons. The Morgan fingerprint density at radius 1 is 1.29 bits per heavy atom. The second-order valence-electron chi connectivity index (χ2n) is 6.48. The van der Waals surface area contributed by atoms with Gasteiger partial charge in [-0.15, -0.1) is 0 Å². The van der Waals surface area contributed by atoms with E-state index in [0.717, 1.165) is 38.6 Å². The van der Waals surface area contributed by atoms with Gasteiger partial charge in [0.2, 0.25) is 0 Å². The van der Waals surface area contributed by atoms with Crippen molar-refractivity contribution in [3.8, 4) is 0 Å². The molecule has 0 saturated carbocycles. The molecule has 0 aromatic carbocycles. The van der Waals surface area contributed by atoms with Crippen LogP contribution in [0, 0.1) is 0 Å². The fourth-order valence-corrected chi connectivity index (χ4v) is 4.65. The van der Waals surface area contributed by atoms with Gasteiger partial charge in [-0.2, -0.15) is 17.0 Å². The van der Waals surface area contributed by atoms with Gasteiger partial charge in [-0.25, -0.2) is 0 Å². The minimum atomic E-state index is -3.35. The highest BCUT2D eigenvalue weighted by atomic mass is 32.2. The SMILES string of the molecule is CCCC(C)N(C)S(=O)(=O)N1CCCCC1CNC(C)C. The second-order valence-corrected chi connectivity index (χ2v) is 8.43. The summed E-state index contributed by atoms with van der Waals surface area (Å²) in [6.45, 7) is 9.66. The molecule has 1 aliphatic rings. The Labute approximate surface area is 131 Å². The molecule has 0 aromatic rings. The minimum absolute atomic E-state index is 0.0561. The van der Waals surface area contributed by atoms with Crippen molar-refractivity contribution in [3.05, 3.63) is 0 Å². The molecule has 0 amide bonds. The predicted octanol–water partition coefficient (Wildman–Crippen LogP) is 2.20. The topological polar surface area (TPSA) is 52.7 Å². The van der Waals surface area contributed by atoms with E-state index in [0.29, 0.717) is 12.6 Å². The van der Waals surface area contributed by atoms with Crippen molar-refractivity contribution in [2.75, 3.05) is 20.1 Å². The zero-order chi connectivity index (χ0) is 16.0. The van der Waals surface area contributed by atoms with E-state index in [9.17, 15) is 8.42 Å². The van der Waals surface area contributed by atoms with Crippen molar-refractivity contribution in [1.29, 1.82) is 0 Å². The number of nitrogens with one attached hydrogen (secondary N) is 1. The van der Waals surface area contributed by atoms with E-state index in [2.05, 4.69) is 26.1 Å². The Hall–Kier alpha value is -0.170. The molecule has 21 heavy (non-hydrogen) atoms. The number of hydrogen-bond acceptors (Lipinski definition) is 3. The molecule has 1 rings (SSSR count). The van der Waals surface area contributed by atoms with Crippen LogP contribution in [-0.2, 0) is 10.2 Å². The summed E-state index contributed by atoms with van der Waals surface area (Å²) in [7, 11) is -1.63. The van der Waals surface area contributed by atoms with Gasteiger partial charge in [-0.05, 0) is 26.2 Å². The van der Waals surface area contributed by atoms with Crippen molar-refractivity contribution >= 4 is 10.2 Å². The summed E-state index contributed by atoms with van der Waals surface area (Å²) in [6.07, 6.45) is 4.94. The average molecular weight is 320 g/mol. The maximum Gasteiger partial charge on any atom is 0.282 e. The lowest BCUT2D eigenvalue weighted by Gasteiger charge is -2.39. The Balaban J connectivity index is 2.81. The molecule has 0 bridgehead atoms. The van der Waals surface area contributed by atoms with Crippen LogP contribution in [0.5, 0.6) is 0 Å². The Kier molecular flexibility index (Phi) is 7.60. The smallest absolute Gasteiger partial charge is 0.282 e. The van der Waals surface area contributed by atoms with E-state index >= 15 is 0 Å². The molecular formula is C15H33N3O2S. The molecular weight excluding hydrogens is 286 g/mol. The molecule has 1 N–H and O–H groups in total. The van der Waals surface area contributed by atoms with Gasteiger partial charge in [0.25, 0.3) is 10.2 Å². The van der Waals surface area contributed by atoms with Crippen LogP contribution in [0.15, 0.2) is 0 Å². The molecule has 126 valence electrons. The molecule has 0 aliphatic carbocycles. The third-order valence-corrected chi connectivity index (χ3v) is 6.48. The largest absolute Gasteiger partial charge is 0.313 e. The van der Waals surface area contributed by atoms with Crippen molar-refractivity contribution < 1.29 is 8.42 Å². The second kappa shape index (κ2) is 8.46. The summed E-state index contributed by atoms with van der Waals surface area (Å²) >= 11 is 0. The minimum Gasteiger partial charge on any atom is -0.313 e. The summed E-state index contributed by atoms with van der Waals surface area (Å²) in [4.78, 5) is 0. The number of rotatable bonds is 8. The average Bonchev–Trinajstić information content (AvgIpc) is 2.44. The van der Waals surface area contributed by atoms with Crippen LogP contribution in [0.3, 0.4) is 0 Å². The van der Waals surface area contributed by atoms with Crippen LogP contribution < -0.4 is 5.32 Å². The maximum atomic E-state index is 12.9. The molecule has 0 aromatic heterocycles. The third-order valence-electron chi connectivity index (χ3n) is 4.32. The van der Waals surface area contributed by atoms with Gasteiger partial charge < -0.3 is 5.32 Å². The maximum absolute atomic E-state index is 12.9. The molecule has 2 unspecified atom stereocenters.